The maximum atomic E-state index is 11.8. The molecule has 2 N–H and O–H groups in total. The molecule has 1 amide bonds. The van der Waals surface area contributed by atoms with Crippen LogP contribution in [0.4, 0.5) is 0 Å². The number of likely N-dealkylation sites (tertiary alicyclic amines) is 1. The van der Waals surface area contributed by atoms with Crippen molar-refractivity contribution in [1.82, 2.24) is 4.90 Å². The SMILES string of the molecule is Cc1ccc(SCCN2CC(CS(N)(=O)=O)CC2=O)cc1. The lowest BCUT2D eigenvalue weighted by atomic mass is 10.1. The fraction of sp³-hybridized carbons (Fsp3) is 0.500. The number of benzene rings is 1. The van der Waals surface area contributed by atoms with Crippen molar-refractivity contribution in [3.05, 3.63) is 29.8 Å². The summed E-state index contributed by atoms with van der Waals surface area (Å²) in [7, 11) is -3.51. The third-order valence-corrected chi connectivity index (χ3v) is 5.34. The Balaban J connectivity index is 1.78. The van der Waals surface area contributed by atoms with E-state index in [2.05, 4.69) is 24.3 Å². The number of aryl methyl sites for hydroxylation is 1. The summed E-state index contributed by atoms with van der Waals surface area (Å²) in [4.78, 5) is 14.7. The average molecular weight is 328 g/mol. The number of sulfonamides is 1. The van der Waals surface area contributed by atoms with Crippen molar-refractivity contribution in [3.63, 3.8) is 0 Å². The highest BCUT2D eigenvalue weighted by atomic mass is 32.2. The third-order valence-electron chi connectivity index (χ3n) is 3.41. The Morgan fingerprint density at radius 1 is 1.33 bits per heavy atom. The first kappa shape index (κ1) is 16.3. The molecule has 0 bridgehead atoms. The van der Waals surface area contributed by atoms with E-state index in [9.17, 15) is 13.2 Å². The van der Waals surface area contributed by atoms with E-state index in [4.69, 9.17) is 5.14 Å². The summed E-state index contributed by atoms with van der Waals surface area (Å²) in [5.41, 5.74) is 1.22. The summed E-state index contributed by atoms with van der Waals surface area (Å²) in [6.45, 7) is 3.17. The molecule has 1 unspecified atom stereocenters. The van der Waals surface area contributed by atoms with Gasteiger partial charge in [-0.15, -0.1) is 11.8 Å². The maximum absolute atomic E-state index is 11.8. The molecule has 2 rings (SSSR count). The fourth-order valence-electron chi connectivity index (χ4n) is 2.42. The molecule has 7 heteroatoms. The molecule has 1 aliphatic heterocycles. The Labute approximate surface area is 129 Å². The molecular weight excluding hydrogens is 308 g/mol. The Morgan fingerprint density at radius 2 is 2.00 bits per heavy atom. The van der Waals surface area contributed by atoms with Gasteiger partial charge in [0.05, 0.1) is 5.75 Å². The van der Waals surface area contributed by atoms with E-state index in [0.29, 0.717) is 13.1 Å². The van der Waals surface area contributed by atoms with Gasteiger partial charge in [0.2, 0.25) is 15.9 Å². The van der Waals surface area contributed by atoms with Crippen LogP contribution in [0.2, 0.25) is 0 Å². The first-order chi connectivity index (χ1) is 9.83. The van der Waals surface area contributed by atoms with Crippen molar-refractivity contribution in [2.24, 2.45) is 11.1 Å². The van der Waals surface area contributed by atoms with E-state index in [-0.39, 0.29) is 24.0 Å². The van der Waals surface area contributed by atoms with Crippen LogP contribution in [0.5, 0.6) is 0 Å². The van der Waals surface area contributed by atoms with Gasteiger partial charge in [0.15, 0.2) is 0 Å². The van der Waals surface area contributed by atoms with Crippen molar-refractivity contribution in [3.8, 4) is 0 Å². The van der Waals surface area contributed by atoms with Crippen LogP contribution < -0.4 is 5.14 Å². The summed E-state index contributed by atoms with van der Waals surface area (Å²) in [6.07, 6.45) is 0.283. The van der Waals surface area contributed by atoms with E-state index < -0.39 is 10.0 Å². The number of hydrogen-bond donors (Lipinski definition) is 1. The zero-order valence-corrected chi connectivity index (χ0v) is 13.6. The fourth-order valence-corrected chi connectivity index (χ4v) is 4.17. The predicted octanol–water partition coefficient (Wildman–Crippen LogP) is 1.22. The van der Waals surface area contributed by atoms with Gasteiger partial charge < -0.3 is 4.90 Å². The van der Waals surface area contributed by atoms with Crippen molar-refractivity contribution in [2.75, 3.05) is 24.6 Å². The molecule has 1 aromatic carbocycles. The smallest absolute Gasteiger partial charge is 0.222 e. The molecule has 1 saturated heterocycles. The molecule has 5 nitrogen and oxygen atoms in total. The van der Waals surface area contributed by atoms with E-state index >= 15 is 0 Å². The van der Waals surface area contributed by atoms with Gasteiger partial charge in [-0.05, 0) is 19.1 Å². The number of rotatable bonds is 6. The molecule has 0 radical (unpaired) electrons. The molecule has 0 saturated carbocycles. The first-order valence-electron chi connectivity index (χ1n) is 6.81. The van der Waals surface area contributed by atoms with E-state index in [1.54, 1.807) is 16.7 Å². The molecule has 116 valence electrons. The first-order valence-corrected chi connectivity index (χ1v) is 9.51. The van der Waals surface area contributed by atoms with Crippen LogP contribution in [0, 0.1) is 12.8 Å². The summed E-state index contributed by atoms with van der Waals surface area (Å²) >= 11 is 1.70. The van der Waals surface area contributed by atoms with E-state index in [1.807, 2.05) is 6.92 Å². The molecular formula is C14H20N2O3S2. The molecule has 1 atom stereocenters. The summed E-state index contributed by atoms with van der Waals surface area (Å²) < 4.78 is 22.1. The number of hydrogen-bond acceptors (Lipinski definition) is 4. The number of carbonyl (C=O) groups excluding carboxylic acids is 1. The van der Waals surface area contributed by atoms with Gasteiger partial charge in [-0.2, -0.15) is 0 Å². The predicted molar refractivity (Wildman–Crippen MR) is 84.6 cm³/mol. The Morgan fingerprint density at radius 3 is 2.62 bits per heavy atom. The highest BCUT2D eigenvalue weighted by Gasteiger charge is 2.31. The minimum Gasteiger partial charge on any atom is -0.342 e. The van der Waals surface area contributed by atoms with Gasteiger partial charge in [-0.1, -0.05) is 17.7 Å². The maximum Gasteiger partial charge on any atom is 0.222 e. The molecule has 1 fully saturated rings. The van der Waals surface area contributed by atoms with Gasteiger partial charge in [-0.25, -0.2) is 13.6 Å². The number of amides is 1. The van der Waals surface area contributed by atoms with Crippen LogP contribution in [-0.4, -0.2) is 43.8 Å². The lowest BCUT2D eigenvalue weighted by Gasteiger charge is -2.16. The third kappa shape index (κ3) is 5.33. The minimum absolute atomic E-state index is 0.0214. The van der Waals surface area contributed by atoms with Gasteiger partial charge in [0, 0.05) is 36.1 Å². The highest BCUT2D eigenvalue weighted by molar-refractivity contribution is 7.99. The lowest BCUT2D eigenvalue weighted by molar-refractivity contribution is -0.127. The minimum atomic E-state index is -3.51. The second-order valence-electron chi connectivity index (χ2n) is 5.40. The molecule has 1 heterocycles. The van der Waals surface area contributed by atoms with Crippen LogP contribution >= 0.6 is 11.8 Å². The lowest BCUT2D eigenvalue weighted by Crippen LogP contribution is -2.29. The monoisotopic (exact) mass is 328 g/mol. The van der Waals surface area contributed by atoms with Crippen molar-refractivity contribution in [2.45, 2.75) is 18.2 Å². The van der Waals surface area contributed by atoms with Crippen LogP contribution in [0.25, 0.3) is 0 Å². The van der Waals surface area contributed by atoms with Crippen molar-refractivity contribution < 1.29 is 13.2 Å². The van der Waals surface area contributed by atoms with Crippen LogP contribution in [0.15, 0.2) is 29.2 Å². The topological polar surface area (TPSA) is 80.5 Å². The zero-order chi connectivity index (χ0) is 15.5. The molecule has 21 heavy (non-hydrogen) atoms. The standard InChI is InChI=1S/C14H20N2O3S2/c1-11-2-4-13(5-3-11)20-7-6-16-9-12(8-14(16)17)10-21(15,18)19/h2-5,12H,6-10H2,1H3,(H2,15,18,19). The van der Waals surface area contributed by atoms with Crippen LogP contribution in [0.1, 0.15) is 12.0 Å². The number of nitrogens with zero attached hydrogens (tertiary/aromatic N) is 1. The average Bonchev–Trinajstić information content (AvgIpc) is 2.70. The largest absolute Gasteiger partial charge is 0.342 e. The van der Waals surface area contributed by atoms with E-state index in [0.717, 1.165) is 5.75 Å². The normalized spacial score (nSPS) is 19.2. The van der Waals surface area contributed by atoms with Crippen molar-refractivity contribution in [1.29, 1.82) is 0 Å². The summed E-state index contributed by atoms with van der Waals surface area (Å²) in [6, 6.07) is 8.25. The number of thioether (sulfide) groups is 1. The quantitative estimate of drug-likeness (QED) is 0.796. The van der Waals surface area contributed by atoms with Gasteiger partial charge in [0.25, 0.3) is 0 Å². The van der Waals surface area contributed by atoms with Crippen LogP contribution in [0.3, 0.4) is 0 Å². The zero-order valence-electron chi connectivity index (χ0n) is 12.0. The van der Waals surface area contributed by atoms with Gasteiger partial charge >= 0.3 is 0 Å². The summed E-state index contributed by atoms with van der Waals surface area (Å²) in [5, 5.41) is 5.03. The summed E-state index contributed by atoms with van der Waals surface area (Å²) in [5.74, 6) is 0.544. The van der Waals surface area contributed by atoms with Crippen LogP contribution in [-0.2, 0) is 14.8 Å². The Bertz CT molecular complexity index is 599. The number of primary sulfonamides is 1. The Hall–Kier alpha value is -1.05. The molecule has 0 aromatic heterocycles. The van der Waals surface area contributed by atoms with Gasteiger partial charge in [-0.3, -0.25) is 4.79 Å². The number of carbonyl (C=O) groups is 1. The molecule has 0 spiro atoms. The second kappa shape index (κ2) is 6.81. The molecule has 1 aliphatic rings. The second-order valence-corrected chi connectivity index (χ2v) is 8.23. The van der Waals surface area contributed by atoms with Gasteiger partial charge in [0.1, 0.15) is 0 Å². The van der Waals surface area contributed by atoms with E-state index in [1.165, 1.54) is 10.5 Å². The molecule has 1 aromatic rings. The van der Waals surface area contributed by atoms with Crippen molar-refractivity contribution >= 4 is 27.7 Å². The number of nitrogens with two attached hydrogens (primary N) is 1. The Kier molecular flexibility index (Phi) is 5.29. The molecule has 0 aliphatic carbocycles. The highest BCUT2D eigenvalue weighted by Crippen LogP contribution is 2.22.